The molecule has 0 bridgehead atoms. The van der Waals surface area contributed by atoms with Crippen molar-refractivity contribution in [3.05, 3.63) is 48.8 Å². The summed E-state index contributed by atoms with van der Waals surface area (Å²) in [6.07, 6.45) is 3.37. The minimum Gasteiger partial charge on any atom is -0.495 e. The van der Waals surface area contributed by atoms with Gasteiger partial charge in [0.05, 0.1) is 32.1 Å². The average Bonchev–Trinajstić information content (AvgIpc) is 2.52. The lowest BCUT2D eigenvalue weighted by atomic mass is 10.2. The molecule has 6 nitrogen and oxygen atoms in total. The molecule has 0 aliphatic carbocycles. The van der Waals surface area contributed by atoms with E-state index in [1.165, 1.54) is 0 Å². The van der Waals surface area contributed by atoms with Crippen molar-refractivity contribution in [3.8, 4) is 11.5 Å². The standard InChI is InChI=1S/C16H17N3O3/c1-21-15-7-3-2-6-14(15)18-16(20)19-10-13(11-19)22-12-5-4-8-17-9-12/h2-9,13H,10-11H2,1H3,(H,18,20). The molecule has 2 amide bonds. The highest BCUT2D eigenvalue weighted by molar-refractivity contribution is 5.91. The Bertz CT molecular complexity index is 642. The van der Waals surface area contributed by atoms with E-state index in [2.05, 4.69) is 10.3 Å². The molecule has 3 rings (SSSR count). The van der Waals surface area contributed by atoms with Crippen LogP contribution >= 0.6 is 0 Å². The summed E-state index contributed by atoms with van der Waals surface area (Å²) in [4.78, 5) is 17.8. The van der Waals surface area contributed by atoms with Crippen molar-refractivity contribution >= 4 is 11.7 Å². The molecule has 0 radical (unpaired) electrons. The van der Waals surface area contributed by atoms with Gasteiger partial charge in [-0.3, -0.25) is 4.98 Å². The van der Waals surface area contributed by atoms with Gasteiger partial charge in [-0.25, -0.2) is 4.79 Å². The number of methoxy groups -OCH3 is 1. The molecule has 1 aromatic heterocycles. The van der Waals surface area contributed by atoms with Gasteiger partial charge in [-0.1, -0.05) is 12.1 Å². The van der Waals surface area contributed by atoms with Gasteiger partial charge in [0.1, 0.15) is 17.6 Å². The molecule has 0 spiro atoms. The van der Waals surface area contributed by atoms with Crippen molar-refractivity contribution < 1.29 is 14.3 Å². The number of rotatable bonds is 4. The van der Waals surface area contributed by atoms with Crippen LogP contribution in [0.2, 0.25) is 0 Å². The Hall–Kier alpha value is -2.76. The topological polar surface area (TPSA) is 63.7 Å². The number of urea groups is 1. The Kier molecular flexibility index (Phi) is 4.09. The number of benzene rings is 1. The summed E-state index contributed by atoms with van der Waals surface area (Å²) in [6, 6.07) is 10.8. The Morgan fingerprint density at radius 1 is 1.27 bits per heavy atom. The number of ether oxygens (including phenoxy) is 2. The number of pyridine rings is 1. The van der Waals surface area contributed by atoms with E-state index in [9.17, 15) is 4.79 Å². The maximum atomic E-state index is 12.2. The van der Waals surface area contributed by atoms with Gasteiger partial charge in [0.25, 0.3) is 0 Å². The lowest BCUT2D eigenvalue weighted by Crippen LogP contribution is -2.57. The number of para-hydroxylation sites is 2. The van der Waals surface area contributed by atoms with Crippen molar-refractivity contribution in [1.82, 2.24) is 9.88 Å². The first-order valence-corrected chi connectivity index (χ1v) is 7.02. The number of nitrogens with one attached hydrogen (secondary N) is 1. The van der Waals surface area contributed by atoms with Gasteiger partial charge in [0.2, 0.25) is 0 Å². The minimum absolute atomic E-state index is 0.00705. The number of likely N-dealkylation sites (tertiary alicyclic amines) is 1. The average molecular weight is 299 g/mol. The Morgan fingerprint density at radius 3 is 2.82 bits per heavy atom. The largest absolute Gasteiger partial charge is 0.495 e. The van der Waals surface area contributed by atoms with Gasteiger partial charge in [0.15, 0.2) is 0 Å². The third-order valence-corrected chi connectivity index (χ3v) is 3.42. The van der Waals surface area contributed by atoms with E-state index in [1.54, 1.807) is 36.5 Å². The first kappa shape index (κ1) is 14.2. The highest BCUT2D eigenvalue weighted by atomic mass is 16.5. The molecule has 22 heavy (non-hydrogen) atoms. The van der Waals surface area contributed by atoms with E-state index in [0.29, 0.717) is 24.5 Å². The zero-order chi connectivity index (χ0) is 15.4. The second-order valence-corrected chi connectivity index (χ2v) is 4.96. The van der Waals surface area contributed by atoms with Crippen LogP contribution in [0.15, 0.2) is 48.8 Å². The molecule has 1 N–H and O–H groups in total. The van der Waals surface area contributed by atoms with Crippen molar-refractivity contribution in [2.24, 2.45) is 0 Å². The van der Waals surface area contributed by atoms with Crippen LogP contribution in [0.1, 0.15) is 0 Å². The predicted octanol–water partition coefficient (Wildman–Crippen LogP) is 2.39. The molecular weight excluding hydrogens is 282 g/mol. The Morgan fingerprint density at radius 2 is 2.09 bits per heavy atom. The van der Waals surface area contributed by atoms with Crippen LogP contribution < -0.4 is 14.8 Å². The summed E-state index contributed by atoms with van der Waals surface area (Å²) in [7, 11) is 1.58. The van der Waals surface area contributed by atoms with E-state index >= 15 is 0 Å². The predicted molar refractivity (Wildman–Crippen MR) is 82.2 cm³/mol. The van der Waals surface area contributed by atoms with E-state index in [-0.39, 0.29) is 12.1 Å². The maximum absolute atomic E-state index is 12.2. The highest BCUT2D eigenvalue weighted by Crippen LogP contribution is 2.24. The molecular formula is C16H17N3O3. The summed E-state index contributed by atoms with van der Waals surface area (Å²) in [5, 5.41) is 2.84. The van der Waals surface area contributed by atoms with Crippen LogP contribution in [-0.4, -0.2) is 42.2 Å². The molecule has 1 aliphatic heterocycles. The van der Waals surface area contributed by atoms with Gasteiger partial charge in [-0.05, 0) is 24.3 Å². The smallest absolute Gasteiger partial charge is 0.322 e. The van der Waals surface area contributed by atoms with E-state index in [0.717, 1.165) is 5.75 Å². The Labute approximate surface area is 128 Å². The quantitative estimate of drug-likeness (QED) is 0.941. The fourth-order valence-electron chi connectivity index (χ4n) is 2.23. The third kappa shape index (κ3) is 3.11. The van der Waals surface area contributed by atoms with Crippen LogP contribution in [0.5, 0.6) is 11.5 Å². The number of amides is 2. The molecule has 1 saturated heterocycles. The number of carbonyl (C=O) groups is 1. The van der Waals surface area contributed by atoms with Crippen molar-refractivity contribution in [1.29, 1.82) is 0 Å². The summed E-state index contributed by atoms with van der Waals surface area (Å²) in [5.74, 6) is 1.36. The molecule has 1 aromatic carbocycles. The van der Waals surface area contributed by atoms with Crippen LogP contribution in [0.3, 0.4) is 0 Å². The van der Waals surface area contributed by atoms with E-state index in [4.69, 9.17) is 9.47 Å². The van der Waals surface area contributed by atoms with Crippen LogP contribution in [-0.2, 0) is 0 Å². The van der Waals surface area contributed by atoms with Gasteiger partial charge < -0.3 is 19.7 Å². The molecule has 1 fully saturated rings. The number of anilines is 1. The number of hydrogen-bond acceptors (Lipinski definition) is 4. The zero-order valence-corrected chi connectivity index (χ0v) is 12.2. The normalized spacial score (nSPS) is 14.1. The summed E-state index contributed by atoms with van der Waals surface area (Å²) in [6.45, 7) is 1.10. The summed E-state index contributed by atoms with van der Waals surface area (Å²) < 4.78 is 10.9. The highest BCUT2D eigenvalue weighted by Gasteiger charge is 2.32. The lowest BCUT2D eigenvalue weighted by molar-refractivity contribution is 0.0490. The zero-order valence-electron chi connectivity index (χ0n) is 12.2. The van der Waals surface area contributed by atoms with Crippen molar-refractivity contribution in [3.63, 3.8) is 0 Å². The molecule has 6 heteroatoms. The van der Waals surface area contributed by atoms with Crippen molar-refractivity contribution in [2.75, 3.05) is 25.5 Å². The van der Waals surface area contributed by atoms with Crippen LogP contribution in [0.25, 0.3) is 0 Å². The molecule has 1 aliphatic rings. The number of hydrogen-bond donors (Lipinski definition) is 1. The van der Waals surface area contributed by atoms with Crippen molar-refractivity contribution in [2.45, 2.75) is 6.10 Å². The molecule has 0 unspecified atom stereocenters. The van der Waals surface area contributed by atoms with Gasteiger partial charge >= 0.3 is 6.03 Å². The van der Waals surface area contributed by atoms with Gasteiger partial charge in [-0.2, -0.15) is 0 Å². The Balaban J connectivity index is 1.51. The summed E-state index contributed by atoms with van der Waals surface area (Å²) in [5.41, 5.74) is 0.659. The third-order valence-electron chi connectivity index (χ3n) is 3.42. The van der Waals surface area contributed by atoms with Gasteiger partial charge in [0, 0.05) is 6.20 Å². The first-order chi connectivity index (χ1) is 10.8. The van der Waals surface area contributed by atoms with E-state index < -0.39 is 0 Å². The second-order valence-electron chi connectivity index (χ2n) is 4.96. The number of nitrogens with zero attached hydrogens (tertiary/aromatic N) is 2. The maximum Gasteiger partial charge on any atom is 0.322 e. The number of aromatic nitrogens is 1. The lowest BCUT2D eigenvalue weighted by Gasteiger charge is -2.38. The minimum atomic E-state index is -0.157. The van der Waals surface area contributed by atoms with Crippen LogP contribution in [0.4, 0.5) is 10.5 Å². The second kappa shape index (κ2) is 6.34. The SMILES string of the molecule is COc1ccccc1NC(=O)N1CC(Oc2cccnc2)C1. The fraction of sp³-hybridized carbons (Fsp3) is 0.250. The fourth-order valence-corrected chi connectivity index (χ4v) is 2.23. The van der Waals surface area contributed by atoms with Crippen LogP contribution in [0, 0.1) is 0 Å². The molecule has 114 valence electrons. The molecule has 0 atom stereocenters. The monoisotopic (exact) mass is 299 g/mol. The molecule has 0 saturated carbocycles. The molecule has 2 heterocycles. The first-order valence-electron chi connectivity index (χ1n) is 7.02. The van der Waals surface area contributed by atoms with E-state index in [1.807, 2.05) is 24.3 Å². The number of carbonyl (C=O) groups excluding carboxylic acids is 1. The molecule has 2 aromatic rings. The van der Waals surface area contributed by atoms with Gasteiger partial charge in [-0.15, -0.1) is 0 Å². The summed E-state index contributed by atoms with van der Waals surface area (Å²) >= 11 is 0.